The van der Waals surface area contributed by atoms with Crippen LogP contribution in [0.3, 0.4) is 0 Å². The van der Waals surface area contributed by atoms with Crippen molar-refractivity contribution in [2.24, 2.45) is 50.7 Å². The molecule has 198 valence electrons. The molecule has 4 N–H and O–H groups in total. The fourth-order valence-corrected chi connectivity index (χ4v) is 11.0. The van der Waals surface area contributed by atoms with Crippen molar-refractivity contribution >= 4 is 5.78 Å². The van der Waals surface area contributed by atoms with Gasteiger partial charge in [-0.15, -0.1) is 0 Å². The molecule has 0 aromatic heterocycles. The second-order valence-electron chi connectivity index (χ2n) is 14.8. The summed E-state index contributed by atoms with van der Waals surface area (Å²) in [7, 11) is 0. The molecule has 0 unspecified atom stereocenters. The van der Waals surface area contributed by atoms with Crippen molar-refractivity contribution in [3.05, 3.63) is 11.1 Å². The average molecular weight is 489 g/mol. The quantitative estimate of drug-likeness (QED) is 0.466. The number of ketones is 1. The second-order valence-corrected chi connectivity index (χ2v) is 14.8. The van der Waals surface area contributed by atoms with Gasteiger partial charge >= 0.3 is 0 Å². The van der Waals surface area contributed by atoms with Crippen LogP contribution in [0.15, 0.2) is 11.1 Å². The molecule has 0 amide bonds. The molecule has 5 rings (SSSR count). The third-order valence-corrected chi connectivity index (χ3v) is 12.9. The lowest BCUT2D eigenvalue weighted by Crippen LogP contribution is -2.65. The Bertz CT molecular complexity index is 952. The number of aliphatic hydroxyl groups is 4. The van der Waals surface area contributed by atoms with Gasteiger partial charge in [0.2, 0.25) is 0 Å². The Kier molecular flexibility index (Phi) is 5.65. The number of carbonyl (C=O) groups excluding carboxylic acids is 1. The van der Waals surface area contributed by atoms with E-state index in [4.69, 9.17) is 0 Å². The minimum atomic E-state index is -0.745. The fraction of sp³-hybridized carbons (Fsp3) is 0.900. The zero-order chi connectivity index (χ0) is 25.9. The van der Waals surface area contributed by atoms with Crippen LogP contribution in [0.1, 0.15) is 93.4 Å². The average Bonchev–Trinajstić information content (AvgIpc) is 3.08. The van der Waals surface area contributed by atoms with Crippen LogP contribution >= 0.6 is 0 Å². The summed E-state index contributed by atoms with van der Waals surface area (Å²) in [6.45, 7) is 15.2. The molecule has 35 heavy (non-hydrogen) atoms. The van der Waals surface area contributed by atoms with Crippen LogP contribution in [0.2, 0.25) is 0 Å². The number of rotatable bonds is 2. The van der Waals surface area contributed by atoms with Crippen molar-refractivity contribution in [1.82, 2.24) is 0 Å². The van der Waals surface area contributed by atoms with E-state index in [1.165, 1.54) is 0 Å². The first-order valence-corrected chi connectivity index (χ1v) is 14.0. The van der Waals surface area contributed by atoms with E-state index in [0.29, 0.717) is 31.6 Å². The highest BCUT2D eigenvalue weighted by atomic mass is 16.3. The lowest BCUT2D eigenvalue weighted by molar-refractivity contribution is -0.179. The number of allylic oxidation sites excluding steroid dienone is 1. The number of fused-ring (bicyclic) bond motifs is 6. The highest BCUT2D eigenvalue weighted by molar-refractivity contribution is 5.99. The van der Waals surface area contributed by atoms with E-state index >= 15 is 0 Å². The van der Waals surface area contributed by atoms with E-state index in [-0.39, 0.29) is 41.0 Å². The van der Waals surface area contributed by atoms with Crippen LogP contribution in [0, 0.1) is 50.7 Å². The van der Waals surface area contributed by atoms with Gasteiger partial charge in [0.25, 0.3) is 0 Å². The van der Waals surface area contributed by atoms with Gasteiger partial charge in [-0.2, -0.15) is 0 Å². The van der Waals surface area contributed by atoms with E-state index in [1.54, 1.807) is 0 Å². The third kappa shape index (κ3) is 2.93. The Balaban J connectivity index is 1.69. The molecule has 10 atom stereocenters. The van der Waals surface area contributed by atoms with Crippen LogP contribution in [0.5, 0.6) is 0 Å². The molecule has 0 heterocycles. The molecule has 5 aliphatic carbocycles. The van der Waals surface area contributed by atoms with Gasteiger partial charge in [-0.25, -0.2) is 0 Å². The van der Waals surface area contributed by atoms with Crippen LogP contribution in [-0.4, -0.2) is 51.1 Å². The standard InChI is InChI=1S/C30H48O5/c1-16(2)17-12-19(33)25-29(7)14-20(34)23-24(28(29,6)10-11-30(17,25)15-31)18(32)13-21-26(3,4)22(35)8-9-27(21,23)5/h16-17,19-22,25,31,33-35H,8-15H2,1-7H3/t17-,19+,20+,21-,22-,25+,27-,28-,29+,30+/m0/s1. The summed E-state index contributed by atoms with van der Waals surface area (Å²) < 4.78 is 0. The molecule has 0 aromatic carbocycles. The van der Waals surface area contributed by atoms with Gasteiger partial charge in [0.1, 0.15) is 0 Å². The van der Waals surface area contributed by atoms with E-state index in [2.05, 4.69) is 48.5 Å². The molecule has 5 heteroatoms. The SMILES string of the molecule is CC(C)[C@@H]1C[C@@H](O)[C@H]2[C@@]1(CO)CC[C@@]1(C)C3=C([C@H](O)C[C@]21C)[C@@]1(C)CC[C@H](O)C(C)(C)[C@@H]1CC3=O. The predicted molar refractivity (Wildman–Crippen MR) is 135 cm³/mol. The normalized spacial score (nSPS) is 53.2. The summed E-state index contributed by atoms with van der Waals surface area (Å²) >= 11 is 0. The molecule has 5 nitrogen and oxygen atoms in total. The Morgan fingerprint density at radius 3 is 2.26 bits per heavy atom. The van der Waals surface area contributed by atoms with Crippen LogP contribution in [-0.2, 0) is 4.79 Å². The van der Waals surface area contributed by atoms with Gasteiger partial charge in [-0.05, 0) is 84.0 Å². The zero-order valence-electron chi connectivity index (χ0n) is 22.9. The van der Waals surface area contributed by atoms with Gasteiger partial charge in [-0.1, -0.05) is 48.5 Å². The largest absolute Gasteiger partial charge is 0.396 e. The van der Waals surface area contributed by atoms with Crippen LogP contribution in [0.25, 0.3) is 0 Å². The Hall–Kier alpha value is -0.750. The minimum absolute atomic E-state index is 0.00452. The van der Waals surface area contributed by atoms with Crippen molar-refractivity contribution in [1.29, 1.82) is 0 Å². The summed E-state index contributed by atoms with van der Waals surface area (Å²) in [6.07, 6.45) is 2.90. The van der Waals surface area contributed by atoms with Gasteiger partial charge in [0.05, 0.1) is 18.3 Å². The van der Waals surface area contributed by atoms with Crippen molar-refractivity contribution in [3.63, 3.8) is 0 Å². The number of Topliss-reactive ketones (excluding diaryl/α,β-unsaturated/α-hetero) is 1. The molecule has 0 aromatic rings. The summed E-state index contributed by atoms with van der Waals surface area (Å²) in [5.74, 6) is 0.547. The van der Waals surface area contributed by atoms with Gasteiger partial charge < -0.3 is 20.4 Å². The molecule has 3 saturated carbocycles. The molecule has 0 spiro atoms. The van der Waals surface area contributed by atoms with E-state index < -0.39 is 34.6 Å². The maximum Gasteiger partial charge on any atom is 0.159 e. The Labute approximate surface area is 211 Å². The van der Waals surface area contributed by atoms with E-state index in [0.717, 1.165) is 30.4 Å². The van der Waals surface area contributed by atoms with Crippen molar-refractivity contribution in [3.8, 4) is 0 Å². The van der Waals surface area contributed by atoms with Crippen molar-refractivity contribution in [2.45, 2.75) is 112 Å². The summed E-state index contributed by atoms with van der Waals surface area (Å²) in [5, 5.41) is 45.1. The Morgan fingerprint density at radius 2 is 1.66 bits per heavy atom. The highest BCUT2D eigenvalue weighted by Gasteiger charge is 2.72. The molecule has 0 aliphatic heterocycles. The number of hydrogen-bond donors (Lipinski definition) is 4. The minimum Gasteiger partial charge on any atom is -0.396 e. The molecular formula is C30H48O5. The lowest BCUT2D eigenvalue weighted by atomic mass is 9.36. The number of carbonyl (C=O) groups is 1. The second kappa shape index (κ2) is 7.65. The van der Waals surface area contributed by atoms with Gasteiger partial charge in [0, 0.05) is 29.4 Å². The maximum absolute atomic E-state index is 14.1. The third-order valence-electron chi connectivity index (χ3n) is 12.9. The highest BCUT2D eigenvalue weighted by Crippen LogP contribution is 2.75. The van der Waals surface area contributed by atoms with E-state index in [9.17, 15) is 25.2 Å². The van der Waals surface area contributed by atoms with E-state index in [1.807, 2.05) is 0 Å². The fourth-order valence-electron chi connectivity index (χ4n) is 11.0. The lowest BCUT2D eigenvalue weighted by Gasteiger charge is -2.68. The number of hydrogen-bond acceptors (Lipinski definition) is 5. The zero-order valence-corrected chi connectivity index (χ0v) is 22.9. The summed E-state index contributed by atoms with van der Waals surface area (Å²) in [5.41, 5.74) is -0.273. The summed E-state index contributed by atoms with van der Waals surface area (Å²) in [6, 6.07) is 0. The van der Waals surface area contributed by atoms with Crippen LogP contribution in [0.4, 0.5) is 0 Å². The molecule has 0 radical (unpaired) electrons. The van der Waals surface area contributed by atoms with Crippen LogP contribution < -0.4 is 0 Å². The molecule has 5 aliphatic rings. The monoisotopic (exact) mass is 488 g/mol. The molecule has 0 saturated heterocycles. The van der Waals surface area contributed by atoms with Gasteiger partial charge in [0.15, 0.2) is 5.78 Å². The van der Waals surface area contributed by atoms with Gasteiger partial charge in [-0.3, -0.25) is 4.79 Å². The number of aliphatic hydroxyl groups excluding tert-OH is 4. The Morgan fingerprint density at radius 1 is 1.00 bits per heavy atom. The molecule has 3 fully saturated rings. The maximum atomic E-state index is 14.1. The first kappa shape index (κ1) is 25.9. The van der Waals surface area contributed by atoms with Crippen molar-refractivity contribution in [2.75, 3.05) is 6.61 Å². The topological polar surface area (TPSA) is 98.0 Å². The first-order valence-electron chi connectivity index (χ1n) is 14.0. The molecular weight excluding hydrogens is 440 g/mol. The molecule has 0 bridgehead atoms. The smallest absolute Gasteiger partial charge is 0.159 e. The predicted octanol–water partition coefficient (Wildman–Crippen LogP) is 4.26. The summed E-state index contributed by atoms with van der Waals surface area (Å²) in [4.78, 5) is 14.1. The first-order chi connectivity index (χ1) is 16.1. The van der Waals surface area contributed by atoms with Crippen molar-refractivity contribution < 1.29 is 25.2 Å².